The van der Waals surface area contributed by atoms with Gasteiger partial charge in [0.25, 0.3) is 0 Å². The van der Waals surface area contributed by atoms with Gasteiger partial charge in [0.05, 0.1) is 17.1 Å². The standard InChI is InChI=1S/C13H16ClN3O/c1-9(2)7-17-13(18)8-16-11-4-3-10(6-15)12(14)5-11/h3-5,9,16H,7-8H2,1-2H3,(H,17,18). The summed E-state index contributed by atoms with van der Waals surface area (Å²) in [7, 11) is 0. The first-order valence-corrected chi connectivity index (χ1v) is 6.11. The van der Waals surface area contributed by atoms with E-state index in [0.717, 1.165) is 5.69 Å². The van der Waals surface area contributed by atoms with Crippen LogP contribution in [0.1, 0.15) is 19.4 Å². The van der Waals surface area contributed by atoms with Crippen molar-refractivity contribution in [2.45, 2.75) is 13.8 Å². The highest BCUT2D eigenvalue weighted by Crippen LogP contribution is 2.19. The van der Waals surface area contributed by atoms with Crippen molar-refractivity contribution in [1.82, 2.24) is 5.32 Å². The minimum absolute atomic E-state index is 0.0656. The van der Waals surface area contributed by atoms with Crippen molar-refractivity contribution in [2.75, 3.05) is 18.4 Å². The molecule has 2 N–H and O–H groups in total. The van der Waals surface area contributed by atoms with Crippen molar-refractivity contribution in [3.63, 3.8) is 0 Å². The number of rotatable bonds is 5. The van der Waals surface area contributed by atoms with Gasteiger partial charge in [-0.2, -0.15) is 5.26 Å². The first-order valence-electron chi connectivity index (χ1n) is 5.73. The summed E-state index contributed by atoms with van der Waals surface area (Å²) in [5, 5.41) is 14.9. The second-order valence-corrected chi connectivity index (χ2v) is 4.77. The predicted octanol–water partition coefficient (Wildman–Crippen LogP) is 2.40. The minimum atomic E-state index is -0.0656. The van der Waals surface area contributed by atoms with Crippen molar-refractivity contribution in [3.05, 3.63) is 28.8 Å². The summed E-state index contributed by atoms with van der Waals surface area (Å²) in [6.07, 6.45) is 0. The molecule has 5 heteroatoms. The molecule has 96 valence electrons. The first-order chi connectivity index (χ1) is 8.52. The van der Waals surface area contributed by atoms with Gasteiger partial charge in [-0.25, -0.2) is 0 Å². The summed E-state index contributed by atoms with van der Waals surface area (Å²) in [6.45, 7) is 4.92. The van der Waals surface area contributed by atoms with Crippen LogP contribution in [0.15, 0.2) is 18.2 Å². The Balaban J connectivity index is 2.47. The van der Waals surface area contributed by atoms with Crippen LogP contribution in [0.25, 0.3) is 0 Å². The number of carbonyl (C=O) groups is 1. The molecule has 1 amide bonds. The maximum Gasteiger partial charge on any atom is 0.239 e. The van der Waals surface area contributed by atoms with Crippen molar-refractivity contribution in [2.24, 2.45) is 5.92 Å². The smallest absolute Gasteiger partial charge is 0.239 e. The Morgan fingerprint density at radius 2 is 2.22 bits per heavy atom. The Kier molecular flexibility index (Phi) is 5.47. The van der Waals surface area contributed by atoms with Gasteiger partial charge in [-0.05, 0) is 24.1 Å². The van der Waals surface area contributed by atoms with Crippen LogP contribution in [-0.2, 0) is 4.79 Å². The van der Waals surface area contributed by atoms with Crippen LogP contribution in [-0.4, -0.2) is 19.0 Å². The Bertz CT molecular complexity index is 466. The quantitative estimate of drug-likeness (QED) is 0.859. The van der Waals surface area contributed by atoms with Crippen molar-refractivity contribution in [1.29, 1.82) is 5.26 Å². The summed E-state index contributed by atoms with van der Waals surface area (Å²) in [5.41, 5.74) is 1.14. The predicted molar refractivity (Wildman–Crippen MR) is 72.5 cm³/mol. The SMILES string of the molecule is CC(C)CNC(=O)CNc1ccc(C#N)c(Cl)c1. The van der Waals surface area contributed by atoms with E-state index in [1.807, 2.05) is 19.9 Å². The lowest BCUT2D eigenvalue weighted by Gasteiger charge is -2.09. The third-order valence-corrected chi connectivity index (χ3v) is 2.56. The highest BCUT2D eigenvalue weighted by Gasteiger charge is 2.04. The number of hydrogen-bond acceptors (Lipinski definition) is 3. The van der Waals surface area contributed by atoms with Crippen LogP contribution in [0.4, 0.5) is 5.69 Å². The second-order valence-electron chi connectivity index (χ2n) is 4.36. The summed E-state index contributed by atoms with van der Waals surface area (Å²) in [5.74, 6) is 0.363. The second kappa shape index (κ2) is 6.87. The molecule has 0 aliphatic rings. The Morgan fingerprint density at radius 3 is 2.78 bits per heavy atom. The van der Waals surface area contributed by atoms with Crippen LogP contribution in [0.5, 0.6) is 0 Å². The zero-order valence-electron chi connectivity index (χ0n) is 10.5. The monoisotopic (exact) mass is 265 g/mol. The lowest BCUT2D eigenvalue weighted by molar-refractivity contribution is -0.119. The maximum absolute atomic E-state index is 11.5. The van der Waals surface area contributed by atoms with Crippen molar-refractivity contribution < 1.29 is 4.79 Å². The molecule has 0 unspecified atom stereocenters. The number of nitrogens with one attached hydrogen (secondary N) is 2. The number of anilines is 1. The molecule has 4 nitrogen and oxygen atoms in total. The van der Waals surface area contributed by atoms with Gasteiger partial charge in [0.15, 0.2) is 0 Å². The molecule has 1 aromatic rings. The van der Waals surface area contributed by atoms with Crippen molar-refractivity contribution >= 4 is 23.2 Å². The summed E-state index contributed by atoms with van der Waals surface area (Å²) in [6, 6.07) is 6.96. The van der Waals surface area contributed by atoms with Gasteiger partial charge in [0, 0.05) is 12.2 Å². The fraction of sp³-hybridized carbons (Fsp3) is 0.385. The lowest BCUT2D eigenvalue weighted by atomic mass is 10.2. The number of hydrogen-bond donors (Lipinski definition) is 2. The molecule has 1 aromatic carbocycles. The van der Waals surface area contributed by atoms with Crippen molar-refractivity contribution in [3.8, 4) is 6.07 Å². The van der Waals surface area contributed by atoms with E-state index in [0.29, 0.717) is 23.0 Å². The van der Waals surface area contributed by atoms with Crippen LogP contribution >= 0.6 is 11.6 Å². The van der Waals surface area contributed by atoms with E-state index in [1.165, 1.54) is 0 Å². The largest absolute Gasteiger partial charge is 0.376 e. The van der Waals surface area contributed by atoms with Gasteiger partial charge in [0.1, 0.15) is 6.07 Å². The third-order valence-electron chi connectivity index (χ3n) is 2.25. The molecular weight excluding hydrogens is 250 g/mol. The van der Waals surface area contributed by atoms with Gasteiger partial charge in [-0.15, -0.1) is 0 Å². The molecule has 0 saturated heterocycles. The van der Waals surface area contributed by atoms with Gasteiger partial charge in [0.2, 0.25) is 5.91 Å². The van der Waals surface area contributed by atoms with E-state index in [9.17, 15) is 4.79 Å². The summed E-state index contributed by atoms with van der Waals surface area (Å²) < 4.78 is 0. The molecule has 0 aliphatic heterocycles. The minimum Gasteiger partial charge on any atom is -0.376 e. The Morgan fingerprint density at radius 1 is 1.50 bits per heavy atom. The fourth-order valence-electron chi connectivity index (χ4n) is 1.28. The Labute approximate surface area is 112 Å². The molecule has 0 fully saturated rings. The van der Waals surface area contributed by atoms with Crippen LogP contribution in [0.2, 0.25) is 5.02 Å². The number of nitrogens with zero attached hydrogens (tertiary/aromatic N) is 1. The first kappa shape index (κ1) is 14.3. The van der Waals surface area contributed by atoms with Crippen LogP contribution < -0.4 is 10.6 Å². The van der Waals surface area contributed by atoms with E-state index in [-0.39, 0.29) is 12.5 Å². The van der Waals surface area contributed by atoms with E-state index < -0.39 is 0 Å². The third kappa shape index (κ3) is 4.64. The Hall–Kier alpha value is -1.73. The maximum atomic E-state index is 11.5. The van der Waals surface area contributed by atoms with Gasteiger partial charge in [-0.1, -0.05) is 25.4 Å². The highest BCUT2D eigenvalue weighted by molar-refractivity contribution is 6.32. The molecule has 18 heavy (non-hydrogen) atoms. The molecule has 0 heterocycles. The number of nitriles is 1. The number of benzene rings is 1. The number of amides is 1. The molecular formula is C13H16ClN3O. The summed E-state index contributed by atoms with van der Waals surface area (Å²) >= 11 is 5.88. The zero-order chi connectivity index (χ0) is 13.5. The lowest BCUT2D eigenvalue weighted by Crippen LogP contribution is -2.32. The molecule has 0 bridgehead atoms. The molecule has 0 aliphatic carbocycles. The molecule has 0 saturated carbocycles. The number of halogens is 1. The topological polar surface area (TPSA) is 64.9 Å². The zero-order valence-corrected chi connectivity index (χ0v) is 11.2. The molecule has 1 rings (SSSR count). The van der Waals surface area contributed by atoms with E-state index in [1.54, 1.807) is 18.2 Å². The van der Waals surface area contributed by atoms with Gasteiger partial charge in [-0.3, -0.25) is 4.79 Å². The van der Waals surface area contributed by atoms with Crippen LogP contribution in [0, 0.1) is 17.2 Å². The van der Waals surface area contributed by atoms with E-state index in [4.69, 9.17) is 16.9 Å². The average Bonchev–Trinajstić information content (AvgIpc) is 2.34. The highest BCUT2D eigenvalue weighted by atomic mass is 35.5. The molecule has 0 atom stereocenters. The normalized spacial score (nSPS) is 9.94. The van der Waals surface area contributed by atoms with E-state index >= 15 is 0 Å². The van der Waals surface area contributed by atoms with Gasteiger partial charge < -0.3 is 10.6 Å². The molecule has 0 radical (unpaired) electrons. The molecule has 0 aromatic heterocycles. The van der Waals surface area contributed by atoms with E-state index in [2.05, 4.69) is 10.6 Å². The summed E-state index contributed by atoms with van der Waals surface area (Å²) in [4.78, 5) is 11.5. The molecule has 0 spiro atoms. The van der Waals surface area contributed by atoms with Gasteiger partial charge >= 0.3 is 0 Å². The fourth-order valence-corrected chi connectivity index (χ4v) is 1.50. The number of carbonyl (C=O) groups excluding carboxylic acids is 1. The average molecular weight is 266 g/mol. The van der Waals surface area contributed by atoms with Crippen LogP contribution in [0.3, 0.4) is 0 Å².